The largest absolute Gasteiger partial charge is 0.481 e. The maximum atomic E-state index is 12.2. The Morgan fingerprint density at radius 2 is 1.67 bits per heavy atom. The van der Waals surface area contributed by atoms with Crippen molar-refractivity contribution in [1.82, 2.24) is 0 Å². The molecule has 4 heterocycles. The van der Waals surface area contributed by atoms with Gasteiger partial charge >= 0.3 is 5.97 Å². The quantitative estimate of drug-likeness (QED) is 0.209. The third-order valence-corrected chi connectivity index (χ3v) is 16.7. The number of carboxylic acid groups (broad SMARTS) is 1. The van der Waals surface area contributed by atoms with E-state index in [1.807, 2.05) is 6.92 Å². The normalized spacial score (nSPS) is 57.8. The summed E-state index contributed by atoms with van der Waals surface area (Å²) in [5, 5.41) is 32.5. The number of rotatable bonds is 6. The highest BCUT2D eigenvalue weighted by atomic mass is 17.3. The fourth-order valence-corrected chi connectivity index (χ4v) is 14.0. The number of carbonyl (C=O) groups is 1. The SMILES string of the molecule is C[C@H]1C(O[C@@H]2CC3C[C@H](O)CC[C@]3(C)C3C[C@H](O)[C@@]4(C)C(CC[C@@H]4[C@H](C)CCC(=O)O)C32)OC2OC3(C)CCC4[C@H](C)CCC1[C@@]24OO3. The molecule has 1 spiro atoms. The molecule has 4 saturated heterocycles. The zero-order chi connectivity index (χ0) is 34.0. The van der Waals surface area contributed by atoms with E-state index in [9.17, 15) is 20.1 Å². The van der Waals surface area contributed by atoms with E-state index >= 15 is 0 Å². The van der Waals surface area contributed by atoms with Gasteiger partial charge in [0.25, 0.3) is 0 Å². The van der Waals surface area contributed by atoms with Gasteiger partial charge in [-0.1, -0.05) is 34.6 Å². The van der Waals surface area contributed by atoms with Gasteiger partial charge in [0, 0.05) is 24.7 Å². The Morgan fingerprint density at radius 3 is 2.44 bits per heavy atom. The van der Waals surface area contributed by atoms with Crippen LogP contribution < -0.4 is 0 Å². The highest BCUT2D eigenvalue weighted by Gasteiger charge is 2.71. The van der Waals surface area contributed by atoms with E-state index < -0.39 is 36.0 Å². The molecular formula is C39H62O9. The first-order valence-corrected chi connectivity index (χ1v) is 19.6. The molecule has 9 rings (SSSR count). The smallest absolute Gasteiger partial charge is 0.303 e. The fraction of sp³-hybridized carbons (Fsp3) is 0.974. The van der Waals surface area contributed by atoms with Gasteiger partial charge < -0.3 is 29.5 Å². The lowest BCUT2D eigenvalue weighted by Crippen LogP contribution is -2.71. The van der Waals surface area contributed by atoms with E-state index in [-0.39, 0.29) is 65.0 Å². The standard InChI is InChI=1S/C39H62O9/c1-20(8-12-32(42)43)25-10-11-28-33-29(19-31(41)38(25,28)6)36(4)15-13-24(40)17-23(36)18-30(33)44-34-22(3)27-9-7-21(2)26-14-16-37(5)46-35(45-34)39(26,27)48-47-37/h20-31,33-35,40-41H,7-19H2,1-6H3,(H,42,43)/t20-,21-,22-,23?,24-,25-,26?,27?,28?,29?,30-,31+,33?,34?,35?,36+,37?,38-,39-/m1/s1. The van der Waals surface area contributed by atoms with Crippen molar-refractivity contribution in [2.24, 2.45) is 70.0 Å². The van der Waals surface area contributed by atoms with E-state index in [4.69, 9.17) is 24.0 Å². The fourth-order valence-electron chi connectivity index (χ4n) is 14.0. The molecule has 272 valence electrons. The van der Waals surface area contributed by atoms with E-state index in [0.717, 1.165) is 70.6 Å². The van der Waals surface area contributed by atoms with Crippen LogP contribution in [0, 0.1) is 70.0 Å². The first-order valence-electron chi connectivity index (χ1n) is 19.6. The van der Waals surface area contributed by atoms with Gasteiger partial charge in [0.2, 0.25) is 5.79 Å². The second kappa shape index (κ2) is 11.9. The summed E-state index contributed by atoms with van der Waals surface area (Å²) in [6, 6.07) is 0. The van der Waals surface area contributed by atoms with Crippen molar-refractivity contribution < 1.29 is 44.1 Å². The van der Waals surface area contributed by atoms with Gasteiger partial charge in [-0.2, -0.15) is 0 Å². The van der Waals surface area contributed by atoms with Crippen LogP contribution in [0.4, 0.5) is 0 Å². The summed E-state index contributed by atoms with van der Waals surface area (Å²) < 4.78 is 21.1. The second-order valence-corrected chi connectivity index (χ2v) is 18.8. The molecule has 9 aliphatic rings. The molecule has 2 bridgehead atoms. The van der Waals surface area contributed by atoms with Crippen molar-refractivity contribution in [3.05, 3.63) is 0 Å². The van der Waals surface area contributed by atoms with Crippen molar-refractivity contribution >= 4 is 5.97 Å². The van der Waals surface area contributed by atoms with Crippen LogP contribution in [-0.2, 0) is 28.8 Å². The zero-order valence-corrected chi connectivity index (χ0v) is 30.1. The maximum Gasteiger partial charge on any atom is 0.303 e. The molecule has 9 heteroatoms. The first-order chi connectivity index (χ1) is 22.7. The van der Waals surface area contributed by atoms with E-state index in [0.29, 0.717) is 30.1 Å². The molecule has 9 unspecified atom stereocenters. The number of aliphatic hydroxyl groups is 2. The lowest BCUT2D eigenvalue weighted by Gasteiger charge is -2.65. The van der Waals surface area contributed by atoms with E-state index in [1.165, 1.54) is 0 Å². The molecular weight excluding hydrogens is 612 g/mol. The van der Waals surface area contributed by atoms with Gasteiger partial charge in [0.05, 0.1) is 18.3 Å². The summed E-state index contributed by atoms with van der Waals surface area (Å²) in [6.45, 7) is 13.5. The summed E-state index contributed by atoms with van der Waals surface area (Å²) in [5.41, 5.74) is -0.887. The van der Waals surface area contributed by atoms with Crippen LogP contribution in [0.3, 0.4) is 0 Å². The Labute approximate surface area is 287 Å². The Bertz CT molecular complexity index is 1250. The molecule has 0 amide bonds. The van der Waals surface area contributed by atoms with Gasteiger partial charge in [-0.15, -0.1) is 0 Å². The number of ether oxygens (including phenoxy) is 3. The number of aliphatic hydroxyl groups excluding tert-OH is 2. The molecule has 5 aliphatic carbocycles. The van der Waals surface area contributed by atoms with Crippen LogP contribution in [0.25, 0.3) is 0 Å². The van der Waals surface area contributed by atoms with Crippen LogP contribution >= 0.6 is 0 Å². The van der Waals surface area contributed by atoms with Gasteiger partial charge in [-0.25, -0.2) is 9.78 Å². The van der Waals surface area contributed by atoms with Crippen LogP contribution in [0.2, 0.25) is 0 Å². The minimum Gasteiger partial charge on any atom is -0.481 e. The van der Waals surface area contributed by atoms with Gasteiger partial charge in [0.15, 0.2) is 18.2 Å². The molecule has 4 aliphatic heterocycles. The van der Waals surface area contributed by atoms with Gasteiger partial charge in [-0.05, 0) is 136 Å². The third kappa shape index (κ3) is 4.90. The molecule has 0 radical (unpaired) electrons. The van der Waals surface area contributed by atoms with Crippen LogP contribution in [0.5, 0.6) is 0 Å². The molecule has 0 aromatic carbocycles. The second-order valence-electron chi connectivity index (χ2n) is 18.8. The average molecular weight is 675 g/mol. The minimum atomic E-state index is -0.837. The lowest BCUT2D eigenvalue weighted by molar-refractivity contribution is -0.578. The van der Waals surface area contributed by atoms with E-state index in [2.05, 4.69) is 34.6 Å². The molecule has 9 fully saturated rings. The van der Waals surface area contributed by atoms with E-state index in [1.54, 1.807) is 0 Å². The predicted molar refractivity (Wildman–Crippen MR) is 176 cm³/mol. The summed E-state index contributed by atoms with van der Waals surface area (Å²) in [6.07, 6.45) is 9.23. The van der Waals surface area contributed by atoms with Crippen LogP contribution in [-0.4, -0.2) is 63.6 Å². The van der Waals surface area contributed by atoms with Crippen molar-refractivity contribution in [2.75, 3.05) is 0 Å². The number of fused-ring (bicyclic) bond motifs is 7. The Hall–Kier alpha value is -0.810. The number of hydrogen-bond donors (Lipinski definition) is 3. The van der Waals surface area contributed by atoms with Crippen LogP contribution in [0.1, 0.15) is 125 Å². The van der Waals surface area contributed by atoms with Gasteiger partial charge in [0.1, 0.15) is 0 Å². The summed E-state index contributed by atoms with van der Waals surface area (Å²) in [7, 11) is 0. The molecule has 5 saturated carbocycles. The Balaban J connectivity index is 1.12. The monoisotopic (exact) mass is 674 g/mol. The van der Waals surface area contributed by atoms with Crippen molar-refractivity contribution in [1.29, 1.82) is 0 Å². The van der Waals surface area contributed by atoms with Crippen molar-refractivity contribution in [3.8, 4) is 0 Å². The van der Waals surface area contributed by atoms with Crippen molar-refractivity contribution in [2.45, 2.75) is 167 Å². The van der Waals surface area contributed by atoms with Crippen LogP contribution in [0.15, 0.2) is 0 Å². The summed E-state index contributed by atoms with van der Waals surface area (Å²) in [5.74, 6) is 1.15. The number of hydrogen-bond acceptors (Lipinski definition) is 8. The first kappa shape index (κ1) is 34.3. The minimum absolute atomic E-state index is 0.0399. The zero-order valence-electron chi connectivity index (χ0n) is 30.1. The molecule has 48 heavy (non-hydrogen) atoms. The lowest BCUT2D eigenvalue weighted by atomic mass is 9.43. The highest BCUT2D eigenvalue weighted by molar-refractivity contribution is 5.66. The van der Waals surface area contributed by atoms with Crippen molar-refractivity contribution in [3.63, 3.8) is 0 Å². The molecule has 19 atom stereocenters. The Morgan fingerprint density at radius 1 is 0.896 bits per heavy atom. The summed E-state index contributed by atoms with van der Waals surface area (Å²) in [4.78, 5) is 24.0. The predicted octanol–water partition coefficient (Wildman–Crippen LogP) is 6.68. The topological polar surface area (TPSA) is 124 Å². The third-order valence-electron chi connectivity index (χ3n) is 16.7. The number of carboxylic acids is 1. The average Bonchev–Trinajstić information content (AvgIpc) is 3.24. The molecule has 0 aromatic rings. The Kier molecular flexibility index (Phi) is 8.47. The van der Waals surface area contributed by atoms with Gasteiger partial charge in [-0.3, -0.25) is 4.79 Å². The number of aliphatic carboxylic acids is 1. The molecule has 0 aromatic heterocycles. The maximum absolute atomic E-state index is 12.2. The highest BCUT2D eigenvalue weighted by Crippen LogP contribution is 2.69. The molecule has 9 nitrogen and oxygen atoms in total. The summed E-state index contributed by atoms with van der Waals surface area (Å²) >= 11 is 0. The molecule has 3 N–H and O–H groups in total.